The molecule has 0 aliphatic carbocycles. The van der Waals surface area contributed by atoms with Crippen LogP contribution in [0.3, 0.4) is 0 Å². The molecule has 2 rings (SSSR count). The highest BCUT2D eigenvalue weighted by Gasteiger charge is 2.25. The third kappa shape index (κ3) is 4.63. The summed E-state index contributed by atoms with van der Waals surface area (Å²) in [6, 6.07) is 9.50. The van der Waals surface area contributed by atoms with Crippen molar-refractivity contribution in [1.82, 2.24) is 4.90 Å². The summed E-state index contributed by atoms with van der Waals surface area (Å²) in [5.74, 6) is -0.358. The predicted octanol–water partition coefficient (Wildman–Crippen LogP) is 2.52. The van der Waals surface area contributed by atoms with Crippen molar-refractivity contribution < 1.29 is 19.1 Å². The van der Waals surface area contributed by atoms with Gasteiger partial charge in [0.2, 0.25) is 0 Å². The quantitative estimate of drug-likeness (QED) is 0.634. The summed E-state index contributed by atoms with van der Waals surface area (Å²) in [5, 5.41) is 0. The normalized spacial score (nSPS) is 17.9. The first-order valence-corrected chi connectivity index (χ1v) is 6.84. The zero-order chi connectivity index (χ0) is 15.2. The predicted molar refractivity (Wildman–Crippen MR) is 77.5 cm³/mol. The fraction of sp³-hybridized carbons (Fsp3) is 0.375. The molecule has 1 aliphatic heterocycles. The number of ether oxygens (including phenoxy) is 2. The smallest absolute Gasteiger partial charge is 0.410 e. The fourth-order valence-corrected chi connectivity index (χ4v) is 2.24. The molecule has 0 saturated heterocycles. The van der Waals surface area contributed by atoms with Gasteiger partial charge in [0.15, 0.2) is 0 Å². The molecule has 21 heavy (non-hydrogen) atoms. The maximum Gasteiger partial charge on any atom is 0.410 e. The summed E-state index contributed by atoms with van der Waals surface area (Å²) in [4.78, 5) is 24.7. The first-order chi connectivity index (χ1) is 10.0. The number of hydrogen-bond donors (Lipinski definition) is 0. The van der Waals surface area contributed by atoms with E-state index in [1.54, 1.807) is 4.90 Å². The van der Waals surface area contributed by atoms with Gasteiger partial charge in [-0.25, -0.2) is 4.79 Å². The summed E-state index contributed by atoms with van der Waals surface area (Å²) in [6.45, 7) is 4.30. The van der Waals surface area contributed by atoms with Crippen LogP contribution in [0.5, 0.6) is 0 Å². The summed E-state index contributed by atoms with van der Waals surface area (Å²) >= 11 is 0. The zero-order valence-corrected chi connectivity index (χ0v) is 12.2. The molecule has 1 heterocycles. The van der Waals surface area contributed by atoms with Crippen LogP contribution in [0, 0.1) is 0 Å². The van der Waals surface area contributed by atoms with E-state index in [1.807, 2.05) is 43.3 Å². The number of rotatable bonds is 3. The maximum atomic E-state index is 12.1. The van der Waals surface area contributed by atoms with Gasteiger partial charge in [-0.05, 0) is 18.6 Å². The van der Waals surface area contributed by atoms with Gasteiger partial charge in [0.1, 0.15) is 12.7 Å². The van der Waals surface area contributed by atoms with Gasteiger partial charge in [0, 0.05) is 13.5 Å². The van der Waals surface area contributed by atoms with Crippen molar-refractivity contribution >= 4 is 12.1 Å². The number of benzene rings is 1. The largest absolute Gasteiger partial charge is 0.456 e. The Kier molecular flexibility index (Phi) is 4.98. The lowest BCUT2D eigenvalue weighted by molar-refractivity contribution is -0.145. The number of amides is 1. The highest BCUT2D eigenvalue weighted by Crippen LogP contribution is 2.14. The molecule has 0 saturated carbocycles. The van der Waals surface area contributed by atoms with Gasteiger partial charge in [-0.15, -0.1) is 0 Å². The molecule has 1 aromatic rings. The molecule has 0 spiro atoms. The van der Waals surface area contributed by atoms with Crippen molar-refractivity contribution in [1.29, 1.82) is 0 Å². The molecule has 1 aromatic carbocycles. The number of carbonyl (C=O) groups is 2. The van der Waals surface area contributed by atoms with E-state index in [0.29, 0.717) is 13.1 Å². The highest BCUT2D eigenvalue weighted by molar-refractivity contribution is 5.69. The summed E-state index contributed by atoms with van der Waals surface area (Å²) in [7, 11) is 0. The Morgan fingerprint density at radius 2 is 2.00 bits per heavy atom. The van der Waals surface area contributed by atoms with E-state index < -0.39 is 12.2 Å². The Morgan fingerprint density at radius 1 is 1.29 bits per heavy atom. The third-order valence-corrected chi connectivity index (χ3v) is 3.09. The van der Waals surface area contributed by atoms with Crippen molar-refractivity contribution in [2.24, 2.45) is 0 Å². The van der Waals surface area contributed by atoms with Crippen molar-refractivity contribution in [2.45, 2.75) is 26.6 Å². The van der Waals surface area contributed by atoms with Crippen molar-refractivity contribution in [2.75, 3.05) is 13.1 Å². The van der Waals surface area contributed by atoms with Crippen LogP contribution in [0.15, 0.2) is 42.0 Å². The van der Waals surface area contributed by atoms with E-state index in [2.05, 4.69) is 0 Å². The van der Waals surface area contributed by atoms with Crippen LogP contribution < -0.4 is 0 Å². The van der Waals surface area contributed by atoms with E-state index in [4.69, 9.17) is 9.47 Å². The topological polar surface area (TPSA) is 55.8 Å². The van der Waals surface area contributed by atoms with E-state index in [1.165, 1.54) is 6.92 Å². The monoisotopic (exact) mass is 289 g/mol. The second-order valence-corrected chi connectivity index (χ2v) is 5.08. The van der Waals surface area contributed by atoms with Gasteiger partial charge < -0.3 is 14.4 Å². The fourth-order valence-electron chi connectivity index (χ4n) is 2.24. The third-order valence-electron chi connectivity index (χ3n) is 3.09. The van der Waals surface area contributed by atoms with Crippen molar-refractivity contribution in [3.63, 3.8) is 0 Å². The molecular formula is C16H19NO4. The molecule has 1 amide bonds. The van der Waals surface area contributed by atoms with Crippen LogP contribution in [0.1, 0.15) is 19.4 Å². The minimum absolute atomic E-state index is 0.233. The molecule has 0 unspecified atom stereocenters. The van der Waals surface area contributed by atoms with Gasteiger partial charge in [0.05, 0.1) is 6.54 Å². The second-order valence-electron chi connectivity index (χ2n) is 5.08. The minimum Gasteiger partial charge on any atom is -0.456 e. The molecule has 112 valence electrons. The maximum absolute atomic E-state index is 12.1. The molecule has 1 aliphatic rings. The molecule has 0 bridgehead atoms. The number of esters is 1. The summed E-state index contributed by atoms with van der Waals surface area (Å²) in [5.41, 5.74) is 1.91. The SMILES string of the molecule is CC(=O)O[C@@H]1C=C(C)CN(C(=O)OCc2ccccc2)C1. The second kappa shape index (κ2) is 6.92. The molecule has 0 N–H and O–H groups in total. The summed E-state index contributed by atoms with van der Waals surface area (Å²) in [6.07, 6.45) is 1.06. The summed E-state index contributed by atoms with van der Waals surface area (Å²) < 4.78 is 10.4. The zero-order valence-electron chi connectivity index (χ0n) is 12.2. The van der Waals surface area contributed by atoms with Gasteiger partial charge in [0.25, 0.3) is 0 Å². The van der Waals surface area contributed by atoms with Crippen molar-refractivity contribution in [3.8, 4) is 0 Å². The molecule has 1 atom stereocenters. The molecular weight excluding hydrogens is 270 g/mol. The standard InChI is InChI=1S/C16H19NO4/c1-12-8-15(21-13(2)18)10-17(9-12)16(19)20-11-14-6-4-3-5-7-14/h3-8,15H,9-11H2,1-2H3/t15-/m1/s1. The van der Waals surface area contributed by atoms with Crippen LogP contribution in [0.25, 0.3) is 0 Å². The molecule has 0 fully saturated rings. The Hall–Kier alpha value is -2.30. The average molecular weight is 289 g/mol. The van der Waals surface area contributed by atoms with Gasteiger partial charge >= 0.3 is 12.1 Å². The van der Waals surface area contributed by atoms with Gasteiger partial charge in [-0.1, -0.05) is 35.9 Å². The Balaban J connectivity index is 1.90. The van der Waals surface area contributed by atoms with Crippen LogP contribution in [-0.2, 0) is 20.9 Å². The van der Waals surface area contributed by atoms with Crippen LogP contribution in [0.2, 0.25) is 0 Å². The van der Waals surface area contributed by atoms with E-state index in [9.17, 15) is 9.59 Å². The Bertz CT molecular complexity index is 538. The van der Waals surface area contributed by atoms with Gasteiger partial charge in [-0.2, -0.15) is 0 Å². The molecule has 5 heteroatoms. The van der Waals surface area contributed by atoms with Crippen LogP contribution in [-0.4, -0.2) is 36.2 Å². The Labute approximate surface area is 124 Å². The van der Waals surface area contributed by atoms with Crippen LogP contribution >= 0.6 is 0 Å². The lowest BCUT2D eigenvalue weighted by Gasteiger charge is -2.30. The first kappa shape index (κ1) is 15.1. The Morgan fingerprint density at radius 3 is 2.67 bits per heavy atom. The van der Waals surface area contributed by atoms with E-state index in [0.717, 1.165) is 11.1 Å². The molecule has 0 aromatic heterocycles. The lowest BCUT2D eigenvalue weighted by atomic mass is 10.1. The van der Waals surface area contributed by atoms with Gasteiger partial charge in [-0.3, -0.25) is 4.79 Å². The number of hydrogen-bond acceptors (Lipinski definition) is 4. The van der Waals surface area contributed by atoms with Crippen LogP contribution in [0.4, 0.5) is 4.79 Å². The highest BCUT2D eigenvalue weighted by atomic mass is 16.6. The number of carbonyl (C=O) groups excluding carboxylic acids is 2. The lowest BCUT2D eigenvalue weighted by Crippen LogP contribution is -2.42. The van der Waals surface area contributed by atoms with Crippen molar-refractivity contribution in [3.05, 3.63) is 47.5 Å². The van der Waals surface area contributed by atoms with E-state index in [-0.39, 0.29) is 12.6 Å². The first-order valence-electron chi connectivity index (χ1n) is 6.84. The average Bonchev–Trinajstić information content (AvgIpc) is 2.44. The molecule has 0 radical (unpaired) electrons. The van der Waals surface area contributed by atoms with E-state index >= 15 is 0 Å². The minimum atomic E-state index is -0.402. The number of nitrogens with zero attached hydrogens (tertiary/aromatic N) is 1. The molecule has 5 nitrogen and oxygen atoms in total.